The van der Waals surface area contributed by atoms with E-state index in [2.05, 4.69) is 44.2 Å². The molecular formula is C14H23N. The third-order valence-corrected chi connectivity index (χ3v) is 3.31. The van der Waals surface area contributed by atoms with Crippen LogP contribution in [-0.4, -0.2) is 6.54 Å². The number of rotatable bonds is 6. The van der Waals surface area contributed by atoms with Crippen molar-refractivity contribution in [2.45, 2.75) is 33.1 Å². The van der Waals surface area contributed by atoms with Gasteiger partial charge in [-0.05, 0) is 36.8 Å². The monoisotopic (exact) mass is 205 g/mol. The topological polar surface area (TPSA) is 26.0 Å². The summed E-state index contributed by atoms with van der Waals surface area (Å²) in [4.78, 5) is 0. The highest BCUT2D eigenvalue weighted by Gasteiger charge is 2.09. The van der Waals surface area contributed by atoms with Gasteiger partial charge < -0.3 is 5.73 Å². The van der Waals surface area contributed by atoms with Crippen LogP contribution in [0.5, 0.6) is 0 Å². The van der Waals surface area contributed by atoms with Crippen LogP contribution in [0.1, 0.15) is 32.3 Å². The van der Waals surface area contributed by atoms with Gasteiger partial charge in [-0.15, -0.1) is 0 Å². The van der Waals surface area contributed by atoms with Crippen molar-refractivity contribution in [1.82, 2.24) is 0 Å². The van der Waals surface area contributed by atoms with E-state index in [1.54, 1.807) is 0 Å². The van der Waals surface area contributed by atoms with Gasteiger partial charge in [-0.25, -0.2) is 0 Å². The van der Waals surface area contributed by atoms with E-state index in [1.807, 2.05) is 0 Å². The molecule has 0 aliphatic heterocycles. The number of nitrogens with two attached hydrogens (primary N) is 1. The van der Waals surface area contributed by atoms with E-state index >= 15 is 0 Å². The molecule has 0 amide bonds. The predicted octanol–water partition coefficient (Wildman–Crippen LogP) is 3.24. The lowest BCUT2D eigenvalue weighted by Gasteiger charge is -2.17. The Kier molecular flexibility index (Phi) is 5.41. The molecule has 0 aromatic heterocycles. The maximum atomic E-state index is 5.66. The highest BCUT2D eigenvalue weighted by Crippen LogP contribution is 2.17. The predicted molar refractivity (Wildman–Crippen MR) is 66.8 cm³/mol. The Bertz CT molecular complexity index is 255. The molecule has 1 aromatic rings. The highest BCUT2D eigenvalue weighted by molar-refractivity contribution is 5.14. The fourth-order valence-electron chi connectivity index (χ4n) is 1.79. The van der Waals surface area contributed by atoms with Crippen molar-refractivity contribution in [3.8, 4) is 0 Å². The Morgan fingerprint density at radius 2 is 1.73 bits per heavy atom. The van der Waals surface area contributed by atoms with Gasteiger partial charge in [0.15, 0.2) is 0 Å². The summed E-state index contributed by atoms with van der Waals surface area (Å²) in [5.41, 5.74) is 7.10. The summed E-state index contributed by atoms with van der Waals surface area (Å²) in [6.07, 6.45) is 3.76. The van der Waals surface area contributed by atoms with Crippen LogP contribution in [0.2, 0.25) is 0 Å². The quantitative estimate of drug-likeness (QED) is 0.758. The SMILES string of the molecule is CC(CN)C(C)CCCc1ccccc1. The highest BCUT2D eigenvalue weighted by atomic mass is 14.5. The van der Waals surface area contributed by atoms with Crippen LogP contribution in [0.15, 0.2) is 30.3 Å². The molecule has 0 aliphatic rings. The Balaban J connectivity index is 2.22. The van der Waals surface area contributed by atoms with Crippen molar-refractivity contribution in [3.63, 3.8) is 0 Å². The van der Waals surface area contributed by atoms with Crippen molar-refractivity contribution in [2.75, 3.05) is 6.54 Å². The minimum Gasteiger partial charge on any atom is -0.330 e. The molecule has 0 aliphatic carbocycles. The van der Waals surface area contributed by atoms with Gasteiger partial charge in [-0.2, -0.15) is 0 Å². The molecule has 0 fully saturated rings. The van der Waals surface area contributed by atoms with Gasteiger partial charge >= 0.3 is 0 Å². The molecule has 0 bridgehead atoms. The first-order chi connectivity index (χ1) is 7.24. The molecule has 1 aromatic carbocycles. The molecule has 2 unspecified atom stereocenters. The van der Waals surface area contributed by atoms with Gasteiger partial charge in [-0.3, -0.25) is 0 Å². The normalized spacial score (nSPS) is 14.9. The molecule has 1 heteroatoms. The van der Waals surface area contributed by atoms with E-state index in [-0.39, 0.29) is 0 Å². The van der Waals surface area contributed by atoms with Crippen LogP contribution in [0.3, 0.4) is 0 Å². The van der Waals surface area contributed by atoms with Gasteiger partial charge in [-0.1, -0.05) is 50.6 Å². The first kappa shape index (κ1) is 12.3. The minimum absolute atomic E-state index is 0.653. The summed E-state index contributed by atoms with van der Waals surface area (Å²) in [5, 5.41) is 0. The van der Waals surface area contributed by atoms with E-state index in [4.69, 9.17) is 5.73 Å². The van der Waals surface area contributed by atoms with Crippen molar-refractivity contribution >= 4 is 0 Å². The largest absolute Gasteiger partial charge is 0.330 e. The van der Waals surface area contributed by atoms with Gasteiger partial charge in [0.2, 0.25) is 0 Å². The number of benzene rings is 1. The van der Waals surface area contributed by atoms with Crippen molar-refractivity contribution < 1.29 is 0 Å². The third-order valence-electron chi connectivity index (χ3n) is 3.31. The maximum Gasteiger partial charge on any atom is -0.00490 e. The zero-order valence-corrected chi connectivity index (χ0v) is 9.95. The second-order valence-electron chi connectivity index (χ2n) is 4.57. The zero-order chi connectivity index (χ0) is 11.1. The average Bonchev–Trinajstić information content (AvgIpc) is 2.29. The molecule has 0 saturated heterocycles. The van der Waals surface area contributed by atoms with Crippen LogP contribution in [0.4, 0.5) is 0 Å². The van der Waals surface area contributed by atoms with E-state index in [9.17, 15) is 0 Å². The van der Waals surface area contributed by atoms with Crippen LogP contribution in [0.25, 0.3) is 0 Å². The Hall–Kier alpha value is -0.820. The first-order valence-electron chi connectivity index (χ1n) is 5.98. The number of hydrogen-bond acceptors (Lipinski definition) is 1. The first-order valence-corrected chi connectivity index (χ1v) is 5.98. The molecule has 84 valence electrons. The van der Waals surface area contributed by atoms with Crippen molar-refractivity contribution in [2.24, 2.45) is 17.6 Å². The van der Waals surface area contributed by atoms with Crippen LogP contribution in [-0.2, 0) is 6.42 Å². The number of aryl methyl sites for hydroxylation is 1. The lowest BCUT2D eigenvalue weighted by molar-refractivity contribution is 0.364. The molecule has 1 nitrogen and oxygen atoms in total. The average molecular weight is 205 g/mol. The summed E-state index contributed by atoms with van der Waals surface area (Å²) in [7, 11) is 0. The summed E-state index contributed by atoms with van der Waals surface area (Å²) < 4.78 is 0. The van der Waals surface area contributed by atoms with Crippen LogP contribution in [0, 0.1) is 11.8 Å². The molecule has 1 rings (SSSR count). The Morgan fingerprint density at radius 1 is 1.07 bits per heavy atom. The second-order valence-corrected chi connectivity index (χ2v) is 4.57. The standard InChI is InChI=1S/C14H23N/c1-12(13(2)11-15)7-6-10-14-8-4-3-5-9-14/h3-5,8-9,12-13H,6-7,10-11,15H2,1-2H3. The molecule has 2 atom stereocenters. The van der Waals surface area contributed by atoms with E-state index < -0.39 is 0 Å². The molecule has 15 heavy (non-hydrogen) atoms. The molecular weight excluding hydrogens is 182 g/mol. The molecule has 0 spiro atoms. The summed E-state index contributed by atoms with van der Waals surface area (Å²) in [5.74, 6) is 1.40. The third kappa shape index (κ3) is 4.48. The fraction of sp³-hybridized carbons (Fsp3) is 0.571. The lowest BCUT2D eigenvalue weighted by Crippen LogP contribution is -2.18. The zero-order valence-electron chi connectivity index (χ0n) is 9.95. The van der Waals surface area contributed by atoms with E-state index in [0.29, 0.717) is 5.92 Å². The molecule has 0 heterocycles. The fourth-order valence-corrected chi connectivity index (χ4v) is 1.79. The second kappa shape index (κ2) is 6.62. The molecule has 2 N–H and O–H groups in total. The lowest BCUT2D eigenvalue weighted by atomic mass is 9.90. The smallest absolute Gasteiger partial charge is 0.00490 e. The Morgan fingerprint density at radius 3 is 2.33 bits per heavy atom. The summed E-state index contributed by atoms with van der Waals surface area (Å²) in [6.45, 7) is 5.36. The van der Waals surface area contributed by atoms with E-state index in [0.717, 1.165) is 12.5 Å². The maximum absolute atomic E-state index is 5.66. The van der Waals surface area contributed by atoms with Gasteiger partial charge in [0.1, 0.15) is 0 Å². The van der Waals surface area contributed by atoms with Gasteiger partial charge in [0.25, 0.3) is 0 Å². The minimum atomic E-state index is 0.653. The molecule has 0 saturated carbocycles. The number of hydrogen-bond donors (Lipinski definition) is 1. The summed E-state index contributed by atoms with van der Waals surface area (Å²) >= 11 is 0. The van der Waals surface area contributed by atoms with E-state index in [1.165, 1.54) is 24.8 Å². The van der Waals surface area contributed by atoms with Crippen LogP contribution >= 0.6 is 0 Å². The van der Waals surface area contributed by atoms with Crippen molar-refractivity contribution in [3.05, 3.63) is 35.9 Å². The molecule has 0 radical (unpaired) electrons. The van der Waals surface area contributed by atoms with Crippen LogP contribution < -0.4 is 5.73 Å². The summed E-state index contributed by atoms with van der Waals surface area (Å²) in [6, 6.07) is 10.7. The van der Waals surface area contributed by atoms with Crippen molar-refractivity contribution in [1.29, 1.82) is 0 Å². The Labute approximate surface area is 93.7 Å². The van der Waals surface area contributed by atoms with Gasteiger partial charge in [0, 0.05) is 0 Å². The van der Waals surface area contributed by atoms with Gasteiger partial charge in [0.05, 0.1) is 0 Å².